The molecule has 138 valence electrons. The Balaban J connectivity index is 1.57. The van der Waals surface area contributed by atoms with E-state index >= 15 is 0 Å². The molecule has 9 heteroatoms. The molecule has 0 bridgehead atoms. The van der Waals surface area contributed by atoms with Crippen LogP contribution < -0.4 is 26.1 Å². The Morgan fingerprint density at radius 2 is 1.78 bits per heavy atom. The average Bonchev–Trinajstić information content (AvgIpc) is 3.13. The van der Waals surface area contributed by atoms with Crippen LogP contribution in [0.4, 0.5) is 15.8 Å². The minimum Gasteiger partial charge on any atom is -0.446 e. The van der Waals surface area contributed by atoms with Gasteiger partial charge in [0.2, 0.25) is 5.55 Å². The maximum atomic E-state index is 13.0. The minimum absolute atomic E-state index is 0.0205. The molecule has 0 amide bonds. The first-order valence-electron chi connectivity index (χ1n) is 7.98. The van der Waals surface area contributed by atoms with Crippen LogP contribution in [0.5, 0.6) is 0 Å². The largest absolute Gasteiger partial charge is 0.446 e. The molecule has 7 nitrogen and oxygen atoms in total. The Morgan fingerprint density at radius 1 is 1.07 bits per heavy atom. The number of nitrogens with one attached hydrogen (secondary N) is 1. The van der Waals surface area contributed by atoms with Crippen LogP contribution in [0.25, 0.3) is 5.82 Å². The third-order valence-electron chi connectivity index (χ3n) is 4.12. The zero-order chi connectivity index (χ0) is 19.0. The van der Waals surface area contributed by atoms with Crippen molar-refractivity contribution in [2.75, 3.05) is 16.3 Å². The fourth-order valence-corrected chi connectivity index (χ4v) is 3.79. The first-order chi connectivity index (χ1) is 12.9. The number of nitrogens with zero attached hydrogens (tertiary/aromatic N) is 2. The molecule has 0 fully saturated rings. The van der Waals surface area contributed by atoms with Crippen LogP contribution in [-0.2, 0) is 10.0 Å². The summed E-state index contributed by atoms with van der Waals surface area (Å²) >= 11 is 0. The van der Waals surface area contributed by atoms with E-state index in [9.17, 15) is 12.8 Å². The number of nitrogens with two attached hydrogens (primary N) is 1. The van der Waals surface area contributed by atoms with Gasteiger partial charge in [-0.2, -0.15) is 0 Å². The smallest absolute Gasteiger partial charge is 0.261 e. The Labute approximate surface area is 154 Å². The number of hydrogen-bond donors (Lipinski definition) is 2. The van der Waals surface area contributed by atoms with E-state index in [0.29, 0.717) is 28.9 Å². The number of furan rings is 1. The van der Waals surface area contributed by atoms with Crippen molar-refractivity contribution in [3.05, 3.63) is 77.5 Å². The Morgan fingerprint density at radius 3 is 2.48 bits per heavy atom. The van der Waals surface area contributed by atoms with Crippen molar-refractivity contribution in [1.82, 2.24) is 0 Å². The van der Waals surface area contributed by atoms with Crippen LogP contribution in [0.2, 0.25) is 0 Å². The molecule has 0 radical (unpaired) electrons. The molecule has 0 saturated carbocycles. The number of halogens is 1. The normalized spacial score (nSPS) is 13.8. The van der Waals surface area contributed by atoms with E-state index in [0.717, 1.165) is 17.8 Å². The van der Waals surface area contributed by atoms with Crippen LogP contribution in [0, 0.1) is 5.82 Å². The molecular formula is C18H15FN4O3S. The van der Waals surface area contributed by atoms with E-state index < -0.39 is 15.8 Å². The fraction of sp³-hybridized carbons (Fsp3) is 0.0556. The number of anilines is 2. The van der Waals surface area contributed by atoms with Crippen molar-refractivity contribution in [3.63, 3.8) is 0 Å². The summed E-state index contributed by atoms with van der Waals surface area (Å²) in [6.45, 7) is 0.299. The lowest BCUT2D eigenvalue weighted by atomic mass is 10.2. The lowest BCUT2D eigenvalue weighted by molar-refractivity contribution is 0.500. The molecular weight excluding hydrogens is 371 g/mol. The highest BCUT2D eigenvalue weighted by Gasteiger charge is 2.17. The lowest BCUT2D eigenvalue weighted by Crippen LogP contribution is -2.42. The Kier molecular flexibility index (Phi) is 4.08. The number of sulfonamides is 1. The van der Waals surface area contributed by atoms with Crippen LogP contribution in [0.1, 0.15) is 0 Å². The van der Waals surface area contributed by atoms with Crippen LogP contribution in [0.15, 0.2) is 75.2 Å². The number of hydrogen-bond acceptors (Lipinski definition) is 6. The molecule has 27 heavy (non-hydrogen) atoms. The second-order valence-electron chi connectivity index (χ2n) is 5.86. The van der Waals surface area contributed by atoms with Gasteiger partial charge in [-0.1, -0.05) is 0 Å². The molecule has 1 aliphatic heterocycles. The maximum absolute atomic E-state index is 13.0. The predicted molar refractivity (Wildman–Crippen MR) is 98.1 cm³/mol. The van der Waals surface area contributed by atoms with Crippen molar-refractivity contribution in [2.45, 2.75) is 4.90 Å². The van der Waals surface area contributed by atoms with Gasteiger partial charge in [-0.15, -0.1) is 0 Å². The maximum Gasteiger partial charge on any atom is 0.261 e. The highest BCUT2D eigenvalue weighted by atomic mass is 32.2. The van der Waals surface area contributed by atoms with E-state index in [4.69, 9.17) is 10.2 Å². The highest BCUT2D eigenvalue weighted by Crippen LogP contribution is 2.22. The van der Waals surface area contributed by atoms with E-state index in [1.807, 2.05) is 0 Å². The van der Waals surface area contributed by atoms with Gasteiger partial charge in [0.05, 0.1) is 16.4 Å². The average molecular weight is 386 g/mol. The van der Waals surface area contributed by atoms with Crippen molar-refractivity contribution in [1.29, 1.82) is 0 Å². The zero-order valence-electron chi connectivity index (χ0n) is 14.0. The van der Waals surface area contributed by atoms with E-state index in [1.165, 1.54) is 18.4 Å². The Bertz CT molecular complexity index is 1200. The molecule has 4 rings (SSSR count). The van der Waals surface area contributed by atoms with E-state index in [-0.39, 0.29) is 4.90 Å². The predicted octanol–water partition coefficient (Wildman–Crippen LogP) is 1.34. The second kappa shape index (κ2) is 6.44. The first kappa shape index (κ1) is 17.1. The topological polar surface area (TPSA) is 101 Å². The monoisotopic (exact) mass is 386 g/mol. The van der Waals surface area contributed by atoms with Gasteiger partial charge in [0, 0.05) is 11.4 Å². The van der Waals surface area contributed by atoms with Crippen LogP contribution >= 0.6 is 0 Å². The summed E-state index contributed by atoms with van der Waals surface area (Å²) in [7, 11) is -3.80. The number of rotatable bonds is 4. The minimum atomic E-state index is -3.80. The number of benzene rings is 2. The molecule has 0 atom stereocenters. The van der Waals surface area contributed by atoms with Gasteiger partial charge in [0.25, 0.3) is 10.0 Å². The molecule has 2 heterocycles. The van der Waals surface area contributed by atoms with Gasteiger partial charge < -0.3 is 15.1 Å². The van der Waals surface area contributed by atoms with Crippen molar-refractivity contribution < 1.29 is 17.2 Å². The van der Waals surface area contributed by atoms with Gasteiger partial charge in [-0.05, 0) is 54.6 Å². The van der Waals surface area contributed by atoms with Gasteiger partial charge in [-0.3, -0.25) is 4.72 Å². The molecule has 0 unspecified atom stereocenters. The lowest BCUT2D eigenvalue weighted by Gasteiger charge is -2.24. The van der Waals surface area contributed by atoms with Crippen LogP contribution in [-0.4, -0.2) is 15.1 Å². The summed E-state index contributed by atoms with van der Waals surface area (Å²) in [5.74, 6) is 0.00765. The molecule has 0 aliphatic carbocycles. The van der Waals surface area contributed by atoms with Crippen molar-refractivity contribution >= 4 is 27.2 Å². The molecule has 3 aromatic rings. The van der Waals surface area contributed by atoms with Crippen molar-refractivity contribution in [2.24, 2.45) is 10.7 Å². The van der Waals surface area contributed by atoms with Crippen LogP contribution in [0.3, 0.4) is 0 Å². The summed E-state index contributed by atoms with van der Waals surface area (Å²) in [4.78, 5) is 6.07. The fourth-order valence-electron chi connectivity index (χ4n) is 2.73. The zero-order valence-corrected chi connectivity index (χ0v) is 14.8. The quantitative estimate of drug-likeness (QED) is 0.705. The summed E-state index contributed by atoms with van der Waals surface area (Å²) in [5, 5.41) is 0.710. The molecule has 0 spiro atoms. The molecule has 3 N–H and O–H groups in total. The third-order valence-corrected chi connectivity index (χ3v) is 5.52. The van der Waals surface area contributed by atoms with Gasteiger partial charge >= 0.3 is 0 Å². The molecule has 1 aliphatic rings. The number of fused-ring (bicyclic) bond motifs is 1. The van der Waals surface area contributed by atoms with Gasteiger partial charge in [0.15, 0.2) is 0 Å². The molecule has 1 aromatic heterocycles. The third kappa shape index (κ3) is 3.24. The molecule has 2 aromatic carbocycles. The summed E-state index contributed by atoms with van der Waals surface area (Å²) in [5.41, 5.74) is 7.80. The van der Waals surface area contributed by atoms with Gasteiger partial charge in [-0.25, -0.2) is 17.8 Å². The summed E-state index contributed by atoms with van der Waals surface area (Å²) in [6, 6.07) is 13.1. The summed E-state index contributed by atoms with van der Waals surface area (Å²) in [6.07, 6.45) is 1.53. The SMILES string of the molecule is NC1=c2ccoc2=NCN1c1ccc(NS(=O)(=O)c2ccc(F)cc2)cc1. The van der Waals surface area contributed by atoms with E-state index in [1.54, 1.807) is 35.2 Å². The van der Waals surface area contributed by atoms with E-state index in [2.05, 4.69) is 9.71 Å². The molecule has 0 saturated heterocycles. The summed E-state index contributed by atoms with van der Waals surface area (Å²) < 4.78 is 45.4. The van der Waals surface area contributed by atoms with Crippen molar-refractivity contribution in [3.8, 4) is 0 Å². The van der Waals surface area contributed by atoms with Gasteiger partial charge in [0.1, 0.15) is 18.3 Å². The second-order valence-corrected chi connectivity index (χ2v) is 7.54. The highest BCUT2D eigenvalue weighted by molar-refractivity contribution is 7.92. The first-order valence-corrected chi connectivity index (χ1v) is 9.46. The Hall–Kier alpha value is -3.33. The standard InChI is InChI=1S/C18H15FN4O3S/c19-12-1-7-15(8-2-12)27(24,25)22-13-3-5-14(6-4-13)23-11-21-18-16(17(23)20)9-10-26-18/h1-10,22H,11,20H2.